The van der Waals surface area contributed by atoms with Crippen LogP contribution in [0.25, 0.3) is 27.1 Å². The molecule has 0 bridgehead atoms. The third-order valence-electron chi connectivity index (χ3n) is 4.27. The zero-order chi connectivity index (χ0) is 18.6. The van der Waals surface area contributed by atoms with E-state index in [-0.39, 0.29) is 5.91 Å². The van der Waals surface area contributed by atoms with Crippen molar-refractivity contribution in [1.29, 1.82) is 0 Å². The summed E-state index contributed by atoms with van der Waals surface area (Å²) in [6.07, 6.45) is 3.29. The van der Waals surface area contributed by atoms with Crippen LogP contribution < -0.4 is 10.1 Å². The van der Waals surface area contributed by atoms with Gasteiger partial charge in [-0.3, -0.25) is 4.79 Å². The summed E-state index contributed by atoms with van der Waals surface area (Å²) < 4.78 is 6.36. The van der Waals surface area contributed by atoms with Crippen molar-refractivity contribution in [2.24, 2.45) is 0 Å². The van der Waals surface area contributed by atoms with Crippen molar-refractivity contribution in [1.82, 2.24) is 10.3 Å². The van der Waals surface area contributed by atoms with Gasteiger partial charge in [-0.15, -0.1) is 11.3 Å². The van der Waals surface area contributed by atoms with E-state index < -0.39 is 0 Å². The molecule has 4 aromatic rings. The normalized spacial score (nSPS) is 11.3. The Bertz CT molecular complexity index is 1110. The fourth-order valence-corrected chi connectivity index (χ4v) is 3.74. The third kappa shape index (κ3) is 3.99. The van der Waals surface area contributed by atoms with Gasteiger partial charge in [0.15, 0.2) is 0 Å². The van der Waals surface area contributed by atoms with Crippen LogP contribution in [0.15, 0.2) is 66.7 Å². The van der Waals surface area contributed by atoms with Crippen molar-refractivity contribution in [3.63, 3.8) is 0 Å². The van der Waals surface area contributed by atoms with E-state index in [0.29, 0.717) is 6.54 Å². The Morgan fingerprint density at radius 3 is 2.78 bits per heavy atom. The SMILES string of the molecule is COc1ccc2cc(CNC(=O)/C=C/c3nc4ccccc4s3)ccc2c1. The molecule has 1 N–H and O–H groups in total. The van der Waals surface area contributed by atoms with Crippen LogP contribution in [-0.2, 0) is 11.3 Å². The number of ether oxygens (including phenoxy) is 1. The first-order valence-electron chi connectivity index (χ1n) is 8.59. The number of aromatic nitrogens is 1. The highest BCUT2D eigenvalue weighted by atomic mass is 32.1. The zero-order valence-corrected chi connectivity index (χ0v) is 15.6. The summed E-state index contributed by atoms with van der Waals surface area (Å²) in [7, 11) is 1.66. The lowest BCUT2D eigenvalue weighted by Crippen LogP contribution is -2.20. The molecule has 0 aliphatic rings. The molecule has 0 fully saturated rings. The molecule has 3 aromatic carbocycles. The van der Waals surface area contributed by atoms with Crippen molar-refractivity contribution >= 4 is 44.3 Å². The number of hydrogen-bond donors (Lipinski definition) is 1. The number of carbonyl (C=O) groups is 1. The maximum absolute atomic E-state index is 12.1. The monoisotopic (exact) mass is 374 g/mol. The van der Waals surface area contributed by atoms with Gasteiger partial charge in [-0.25, -0.2) is 4.98 Å². The van der Waals surface area contributed by atoms with Crippen LogP contribution in [0.3, 0.4) is 0 Å². The molecule has 134 valence electrons. The van der Waals surface area contributed by atoms with Gasteiger partial charge >= 0.3 is 0 Å². The lowest BCUT2D eigenvalue weighted by molar-refractivity contribution is -0.116. The molecule has 0 radical (unpaired) electrons. The number of fused-ring (bicyclic) bond motifs is 2. The smallest absolute Gasteiger partial charge is 0.244 e. The molecule has 1 heterocycles. The molecule has 5 heteroatoms. The van der Waals surface area contributed by atoms with E-state index >= 15 is 0 Å². The quantitative estimate of drug-likeness (QED) is 0.511. The van der Waals surface area contributed by atoms with Crippen molar-refractivity contribution in [3.8, 4) is 5.75 Å². The van der Waals surface area contributed by atoms with Crippen molar-refractivity contribution in [3.05, 3.63) is 77.3 Å². The molecule has 0 aliphatic carbocycles. The molecule has 1 aromatic heterocycles. The molecule has 1 amide bonds. The maximum Gasteiger partial charge on any atom is 0.244 e. The molecular weight excluding hydrogens is 356 g/mol. The number of nitrogens with one attached hydrogen (secondary N) is 1. The Labute approximate surface area is 161 Å². The van der Waals surface area contributed by atoms with E-state index in [2.05, 4.69) is 16.4 Å². The molecule has 4 rings (SSSR count). The number of para-hydroxylation sites is 1. The highest BCUT2D eigenvalue weighted by Crippen LogP contribution is 2.23. The van der Waals surface area contributed by atoms with Gasteiger partial charge in [0, 0.05) is 12.6 Å². The highest BCUT2D eigenvalue weighted by Gasteiger charge is 2.03. The number of rotatable bonds is 5. The predicted molar refractivity (Wildman–Crippen MR) is 111 cm³/mol. The summed E-state index contributed by atoms with van der Waals surface area (Å²) >= 11 is 1.57. The zero-order valence-electron chi connectivity index (χ0n) is 14.8. The molecule has 0 spiro atoms. The second-order valence-electron chi connectivity index (χ2n) is 6.12. The third-order valence-corrected chi connectivity index (χ3v) is 5.27. The number of hydrogen-bond acceptors (Lipinski definition) is 4. The molecule has 4 nitrogen and oxygen atoms in total. The Kier molecular flexibility index (Phi) is 4.85. The van der Waals surface area contributed by atoms with Crippen LogP contribution in [0.2, 0.25) is 0 Å². The van der Waals surface area contributed by atoms with Crippen LogP contribution in [0.1, 0.15) is 10.6 Å². The molecule has 0 saturated carbocycles. The number of nitrogens with zero attached hydrogens (tertiary/aromatic N) is 1. The van der Waals surface area contributed by atoms with E-state index in [1.807, 2.05) is 54.6 Å². The van der Waals surface area contributed by atoms with Crippen molar-refractivity contribution < 1.29 is 9.53 Å². The summed E-state index contributed by atoms with van der Waals surface area (Å²) in [4.78, 5) is 16.6. The second kappa shape index (κ2) is 7.60. The second-order valence-corrected chi connectivity index (χ2v) is 7.18. The first kappa shape index (κ1) is 17.2. The van der Waals surface area contributed by atoms with E-state index in [1.54, 1.807) is 24.5 Å². The topological polar surface area (TPSA) is 51.2 Å². The lowest BCUT2D eigenvalue weighted by atomic mass is 10.1. The molecule has 0 saturated heterocycles. The summed E-state index contributed by atoms with van der Waals surface area (Å²) in [6, 6.07) is 20.0. The molecule has 0 aliphatic heterocycles. The largest absolute Gasteiger partial charge is 0.497 e. The van der Waals surface area contributed by atoms with E-state index in [4.69, 9.17) is 4.74 Å². The Morgan fingerprint density at radius 1 is 1.11 bits per heavy atom. The lowest BCUT2D eigenvalue weighted by Gasteiger charge is -2.06. The average Bonchev–Trinajstić information content (AvgIpc) is 3.13. The standard InChI is InChI=1S/C22H18N2O2S/c1-26-18-9-8-16-12-15(6-7-17(16)13-18)14-23-21(25)10-11-22-24-19-4-2-3-5-20(19)27-22/h2-13H,14H2,1H3,(H,23,25)/b11-10+. The number of carbonyl (C=O) groups excluding carboxylic acids is 1. The molecular formula is C22H18N2O2S. The number of benzene rings is 3. The summed E-state index contributed by atoms with van der Waals surface area (Å²) in [6.45, 7) is 0.477. The van der Waals surface area contributed by atoms with Crippen molar-refractivity contribution in [2.45, 2.75) is 6.54 Å². The van der Waals surface area contributed by atoms with Gasteiger partial charge in [-0.05, 0) is 52.7 Å². The Balaban J connectivity index is 1.40. The fourth-order valence-electron chi connectivity index (χ4n) is 2.87. The summed E-state index contributed by atoms with van der Waals surface area (Å²) in [5.74, 6) is 0.702. The van der Waals surface area contributed by atoms with Gasteiger partial charge in [-0.2, -0.15) is 0 Å². The van der Waals surface area contributed by atoms with Crippen LogP contribution in [0.4, 0.5) is 0 Å². The van der Waals surface area contributed by atoms with Gasteiger partial charge < -0.3 is 10.1 Å². The fraction of sp³-hybridized carbons (Fsp3) is 0.0909. The van der Waals surface area contributed by atoms with Gasteiger partial charge in [0.05, 0.1) is 17.3 Å². The maximum atomic E-state index is 12.1. The van der Waals surface area contributed by atoms with Crippen LogP contribution in [0.5, 0.6) is 5.75 Å². The summed E-state index contributed by atoms with van der Waals surface area (Å²) in [5.41, 5.74) is 2.00. The number of amides is 1. The first-order chi connectivity index (χ1) is 13.2. The molecule has 0 unspecified atom stereocenters. The Hall–Kier alpha value is -3.18. The molecule has 27 heavy (non-hydrogen) atoms. The van der Waals surface area contributed by atoms with Gasteiger partial charge in [0.2, 0.25) is 5.91 Å². The van der Waals surface area contributed by atoms with Crippen molar-refractivity contribution in [2.75, 3.05) is 7.11 Å². The van der Waals surface area contributed by atoms with Crippen LogP contribution in [0, 0.1) is 0 Å². The predicted octanol–water partition coefficient (Wildman–Crippen LogP) is 4.79. The minimum atomic E-state index is -0.135. The van der Waals surface area contributed by atoms with Crippen LogP contribution in [-0.4, -0.2) is 18.0 Å². The highest BCUT2D eigenvalue weighted by molar-refractivity contribution is 7.19. The number of thiazole rings is 1. The van der Waals surface area contributed by atoms with E-state index in [1.165, 1.54) is 6.08 Å². The van der Waals surface area contributed by atoms with Gasteiger partial charge in [0.25, 0.3) is 0 Å². The minimum absolute atomic E-state index is 0.135. The number of methoxy groups -OCH3 is 1. The van der Waals surface area contributed by atoms with E-state index in [9.17, 15) is 4.79 Å². The summed E-state index contributed by atoms with van der Waals surface area (Å²) in [5, 5.41) is 5.97. The van der Waals surface area contributed by atoms with Gasteiger partial charge in [-0.1, -0.05) is 30.3 Å². The average molecular weight is 374 g/mol. The first-order valence-corrected chi connectivity index (χ1v) is 9.41. The van der Waals surface area contributed by atoms with Gasteiger partial charge in [0.1, 0.15) is 10.8 Å². The van der Waals surface area contributed by atoms with E-state index in [0.717, 1.165) is 37.3 Å². The molecule has 0 atom stereocenters. The minimum Gasteiger partial charge on any atom is -0.497 e. The van der Waals surface area contributed by atoms with Crippen LogP contribution >= 0.6 is 11.3 Å². The Morgan fingerprint density at radius 2 is 1.93 bits per heavy atom.